The zero-order chi connectivity index (χ0) is 14.6. The second kappa shape index (κ2) is 4.16. The summed E-state index contributed by atoms with van der Waals surface area (Å²) in [6.45, 7) is 1.85. The lowest BCUT2D eigenvalue weighted by Gasteiger charge is -2.47. The summed E-state index contributed by atoms with van der Waals surface area (Å²) in [7, 11) is 0. The Bertz CT molecular complexity index is 607. The molecule has 1 N–H and O–H groups in total. The molecule has 3 rings (SSSR count). The number of morpholine rings is 1. The minimum absolute atomic E-state index is 0.0941. The summed E-state index contributed by atoms with van der Waals surface area (Å²) in [5, 5.41) is 9.05. The third-order valence-corrected chi connectivity index (χ3v) is 3.75. The molecule has 5 nitrogen and oxygen atoms in total. The molecular formula is C13H11F2NO4. The lowest BCUT2D eigenvalue weighted by Crippen LogP contribution is -2.56. The van der Waals surface area contributed by atoms with Crippen molar-refractivity contribution in [1.82, 2.24) is 4.90 Å². The molecule has 0 aromatic carbocycles. The van der Waals surface area contributed by atoms with Crippen LogP contribution in [0, 0.1) is 5.92 Å². The van der Waals surface area contributed by atoms with Gasteiger partial charge in [0, 0.05) is 6.20 Å². The van der Waals surface area contributed by atoms with Gasteiger partial charge < -0.3 is 14.7 Å². The minimum atomic E-state index is -1.38. The first-order chi connectivity index (χ1) is 9.41. The molecule has 1 aliphatic carbocycles. The fourth-order valence-electron chi connectivity index (χ4n) is 2.75. The van der Waals surface area contributed by atoms with Crippen molar-refractivity contribution in [3.8, 4) is 0 Å². The molecule has 0 bridgehead atoms. The van der Waals surface area contributed by atoms with Crippen molar-refractivity contribution in [3.05, 3.63) is 35.3 Å². The van der Waals surface area contributed by atoms with Gasteiger partial charge in [-0.1, -0.05) is 0 Å². The van der Waals surface area contributed by atoms with Crippen LogP contribution in [0.5, 0.6) is 0 Å². The zero-order valence-corrected chi connectivity index (χ0v) is 10.5. The van der Waals surface area contributed by atoms with Gasteiger partial charge in [0.2, 0.25) is 0 Å². The molecule has 106 valence electrons. The Morgan fingerprint density at radius 2 is 2.20 bits per heavy atom. The molecule has 2 aliphatic heterocycles. The Labute approximate surface area is 112 Å². The van der Waals surface area contributed by atoms with Gasteiger partial charge in [-0.15, -0.1) is 0 Å². The Morgan fingerprint density at radius 3 is 2.85 bits per heavy atom. The molecular weight excluding hydrogens is 272 g/mol. The van der Waals surface area contributed by atoms with Crippen LogP contribution in [0.4, 0.5) is 8.78 Å². The van der Waals surface area contributed by atoms with Gasteiger partial charge in [-0.2, -0.15) is 4.39 Å². The van der Waals surface area contributed by atoms with Crippen LogP contribution in [0.2, 0.25) is 0 Å². The minimum Gasteiger partial charge on any atom is -0.490 e. The average Bonchev–Trinajstić information content (AvgIpc) is 2.39. The van der Waals surface area contributed by atoms with Crippen LogP contribution in [-0.4, -0.2) is 40.4 Å². The van der Waals surface area contributed by atoms with Crippen LogP contribution in [0.3, 0.4) is 0 Å². The molecule has 0 saturated carbocycles. The Morgan fingerprint density at radius 1 is 1.50 bits per heavy atom. The number of hydrogen-bond donors (Lipinski definition) is 1. The van der Waals surface area contributed by atoms with Crippen molar-refractivity contribution in [2.75, 3.05) is 6.61 Å². The van der Waals surface area contributed by atoms with Crippen molar-refractivity contribution in [2.45, 2.75) is 19.0 Å². The van der Waals surface area contributed by atoms with Crippen LogP contribution >= 0.6 is 0 Å². The summed E-state index contributed by atoms with van der Waals surface area (Å²) in [5.41, 5.74) is -0.425. The number of Topliss-reactive ketones (excluding diaryl/α,β-unsaturated/α-hetero) is 1. The van der Waals surface area contributed by atoms with Crippen molar-refractivity contribution < 1.29 is 28.2 Å². The molecule has 3 atom stereocenters. The highest BCUT2D eigenvalue weighted by Crippen LogP contribution is 2.41. The first-order valence-corrected chi connectivity index (χ1v) is 6.08. The number of aliphatic carboxylic acids is 1. The maximum absolute atomic E-state index is 13.8. The van der Waals surface area contributed by atoms with Crippen LogP contribution in [-0.2, 0) is 14.3 Å². The molecule has 1 fully saturated rings. The van der Waals surface area contributed by atoms with Gasteiger partial charge in [-0.25, -0.2) is 9.18 Å². The quantitative estimate of drug-likeness (QED) is 0.735. The van der Waals surface area contributed by atoms with E-state index in [2.05, 4.69) is 0 Å². The molecule has 3 aliphatic rings. The fourth-order valence-corrected chi connectivity index (χ4v) is 2.75. The number of halogens is 2. The number of rotatable bonds is 1. The van der Waals surface area contributed by atoms with Crippen molar-refractivity contribution in [1.29, 1.82) is 0 Å². The average molecular weight is 283 g/mol. The molecule has 0 spiro atoms. The lowest BCUT2D eigenvalue weighted by molar-refractivity contribution is -0.137. The highest BCUT2D eigenvalue weighted by atomic mass is 19.2. The van der Waals surface area contributed by atoms with E-state index in [4.69, 9.17) is 9.84 Å². The monoisotopic (exact) mass is 283 g/mol. The number of carboxylic acid groups (broad SMARTS) is 1. The third-order valence-electron chi connectivity index (χ3n) is 3.75. The van der Waals surface area contributed by atoms with E-state index in [-0.39, 0.29) is 18.4 Å². The van der Waals surface area contributed by atoms with Gasteiger partial charge in [0.1, 0.15) is 18.2 Å². The molecule has 0 aromatic heterocycles. The molecule has 0 aromatic rings. The first-order valence-electron chi connectivity index (χ1n) is 6.08. The van der Waals surface area contributed by atoms with Gasteiger partial charge in [-0.05, 0) is 13.0 Å². The van der Waals surface area contributed by atoms with Crippen LogP contribution in [0.15, 0.2) is 35.3 Å². The predicted molar refractivity (Wildman–Crippen MR) is 62.6 cm³/mol. The topological polar surface area (TPSA) is 66.8 Å². The SMILES string of the molecule is C[C@H]1COC2=C(F)C(F)=C[C@@H]3C(=O)C(C(=O)O)=CN1[C@H]23. The number of ether oxygens (including phenoxy) is 1. The largest absolute Gasteiger partial charge is 0.490 e. The Kier molecular flexibility index (Phi) is 2.67. The van der Waals surface area contributed by atoms with Gasteiger partial charge in [-0.3, -0.25) is 4.79 Å². The summed E-state index contributed by atoms with van der Waals surface area (Å²) in [6.07, 6.45) is 2.03. The second-order valence-electron chi connectivity index (χ2n) is 4.98. The molecule has 0 amide bonds. The third kappa shape index (κ3) is 1.59. The maximum atomic E-state index is 13.8. The van der Waals surface area contributed by atoms with E-state index < -0.39 is 40.9 Å². The smallest absolute Gasteiger partial charge is 0.340 e. The van der Waals surface area contributed by atoms with Crippen LogP contribution in [0.1, 0.15) is 6.92 Å². The first kappa shape index (κ1) is 12.8. The Balaban J connectivity index is 2.17. The maximum Gasteiger partial charge on any atom is 0.340 e. The predicted octanol–water partition coefficient (Wildman–Crippen LogP) is 1.29. The van der Waals surface area contributed by atoms with E-state index in [0.717, 1.165) is 6.08 Å². The molecule has 20 heavy (non-hydrogen) atoms. The number of carbonyl (C=O) groups is 2. The second-order valence-corrected chi connectivity index (χ2v) is 4.98. The molecule has 1 saturated heterocycles. The van der Waals surface area contributed by atoms with E-state index in [1.165, 1.54) is 6.20 Å². The number of hydrogen-bond acceptors (Lipinski definition) is 4. The fraction of sp³-hybridized carbons (Fsp3) is 0.385. The highest BCUT2D eigenvalue weighted by Gasteiger charge is 2.49. The number of allylic oxidation sites excluding steroid dienone is 2. The number of carboxylic acids is 1. The molecule has 0 unspecified atom stereocenters. The van der Waals surface area contributed by atoms with E-state index >= 15 is 0 Å². The van der Waals surface area contributed by atoms with Gasteiger partial charge in [0.15, 0.2) is 23.2 Å². The summed E-state index contributed by atoms with van der Waals surface area (Å²) in [5.74, 6) is -5.74. The lowest BCUT2D eigenvalue weighted by atomic mass is 9.81. The highest BCUT2D eigenvalue weighted by molar-refractivity contribution is 6.18. The zero-order valence-electron chi connectivity index (χ0n) is 10.5. The summed E-state index contributed by atoms with van der Waals surface area (Å²) in [6, 6.07) is -1.05. The van der Waals surface area contributed by atoms with E-state index in [1.807, 2.05) is 0 Å². The van der Waals surface area contributed by atoms with Crippen LogP contribution in [0.25, 0.3) is 0 Å². The number of carbonyl (C=O) groups excluding carboxylic acids is 1. The molecule has 0 radical (unpaired) electrons. The normalized spacial score (nSPS) is 32.2. The van der Waals surface area contributed by atoms with E-state index in [9.17, 15) is 18.4 Å². The van der Waals surface area contributed by atoms with Gasteiger partial charge in [0.05, 0.1) is 12.0 Å². The Hall–Kier alpha value is -2.18. The molecule has 2 heterocycles. The van der Waals surface area contributed by atoms with Crippen molar-refractivity contribution in [3.63, 3.8) is 0 Å². The number of nitrogens with zero attached hydrogens (tertiary/aromatic N) is 1. The van der Waals surface area contributed by atoms with E-state index in [0.29, 0.717) is 0 Å². The standard InChI is InChI=1S/C13H11F2NO4/c1-5-4-20-12-9(15)8(14)2-6-10(12)16(5)3-7(11(6)17)13(18)19/h2-3,5-6,10H,4H2,1H3,(H,18,19)/t5-,6-,10-/m0/s1. The van der Waals surface area contributed by atoms with Gasteiger partial charge in [0.25, 0.3) is 0 Å². The van der Waals surface area contributed by atoms with Crippen molar-refractivity contribution in [2.24, 2.45) is 5.92 Å². The summed E-state index contributed by atoms with van der Waals surface area (Å²) >= 11 is 0. The summed E-state index contributed by atoms with van der Waals surface area (Å²) in [4.78, 5) is 24.8. The summed E-state index contributed by atoms with van der Waals surface area (Å²) < 4.78 is 32.5. The van der Waals surface area contributed by atoms with Crippen molar-refractivity contribution >= 4 is 11.8 Å². The van der Waals surface area contributed by atoms with Crippen LogP contribution < -0.4 is 0 Å². The molecule has 7 heteroatoms. The van der Waals surface area contributed by atoms with Gasteiger partial charge >= 0.3 is 5.97 Å². The number of ketones is 1. The van der Waals surface area contributed by atoms with E-state index in [1.54, 1.807) is 11.8 Å².